The van der Waals surface area contributed by atoms with E-state index in [2.05, 4.69) is 35.8 Å². The predicted molar refractivity (Wildman–Crippen MR) is 139 cm³/mol. The molecule has 2 aromatic rings. The summed E-state index contributed by atoms with van der Waals surface area (Å²) in [5.74, 6) is 0.265. The summed E-state index contributed by atoms with van der Waals surface area (Å²) in [6, 6.07) is 13.6. The number of hydrogen-bond donors (Lipinski definition) is 1. The van der Waals surface area contributed by atoms with Crippen LogP contribution in [-0.2, 0) is 17.8 Å². The first-order valence-corrected chi connectivity index (χ1v) is 13.4. The van der Waals surface area contributed by atoms with Gasteiger partial charge >= 0.3 is 143 Å². The Kier molecular flexibility index (Phi) is 7.80. The van der Waals surface area contributed by atoms with Gasteiger partial charge in [-0.15, -0.1) is 0 Å². The first-order valence-electron chi connectivity index (χ1n) is 12.5. The summed E-state index contributed by atoms with van der Waals surface area (Å²) in [7, 11) is 0. The van der Waals surface area contributed by atoms with Crippen molar-refractivity contribution < 1.29 is 19.4 Å². The van der Waals surface area contributed by atoms with Crippen molar-refractivity contribution in [1.82, 2.24) is 9.80 Å². The first kappa shape index (κ1) is 24.7. The molecule has 5 rings (SSSR count). The fraction of sp³-hybridized carbons (Fsp3) is 0.444. The zero-order valence-electron chi connectivity index (χ0n) is 20.2. The number of aliphatic carboxylic acids is 1. The summed E-state index contributed by atoms with van der Waals surface area (Å²) in [5, 5.41) is 9.88. The van der Waals surface area contributed by atoms with Crippen LogP contribution in [0, 0.1) is 0 Å². The van der Waals surface area contributed by atoms with Gasteiger partial charge in [0.2, 0.25) is 0 Å². The summed E-state index contributed by atoms with van der Waals surface area (Å²) >= 11 is 2.20. The number of likely N-dealkylation sites (tertiary alicyclic amines) is 1. The Hall–Kier alpha value is -2.99. The third-order valence-corrected chi connectivity index (χ3v) is 7.08. The maximum absolute atomic E-state index is 12.1. The molecule has 2 radical (unpaired) electrons. The fourth-order valence-electron chi connectivity index (χ4n) is 4.63. The van der Waals surface area contributed by atoms with Gasteiger partial charge in [-0.1, -0.05) is 0 Å². The molecular formula is C27H31AsN4O4. The number of ether oxygens (including phenoxy) is 2. The fourth-order valence-corrected chi connectivity index (χ4v) is 4.94. The van der Waals surface area contributed by atoms with Gasteiger partial charge in [0.1, 0.15) is 11.9 Å². The number of benzene rings is 2. The summed E-state index contributed by atoms with van der Waals surface area (Å²) in [4.78, 5) is 21.0. The monoisotopic (exact) mass is 550 g/mol. The van der Waals surface area contributed by atoms with E-state index in [0.29, 0.717) is 17.4 Å². The van der Waals surface area contributed by atoms with Gasteiger partial charge in [-0.3, -0.25) is 4.99 Å². The van der Waals surface area contributed by atoms with Crippen molar-refractivity contribution in [2.24, 2.45) is 8.90 Å². The number of carbonyl (C=O) groups is 1. The van der Waals surface area contributed by atoms with Crippen LogP contribution in [0.4, 0.5) is 0 Å². The SMILES string of the molecule is O=C(O)C(Oc1ccc2c(c1)CN(C=N[As])CC2)c1ccc(OC2CCN(C=NC3CC3)CC2)cc1. The first-order chi connectivity index (χ1) is 17.6. The van der Waals surface area contributed by atoms with Crippen LogP contribution in [0.2, 0.25) is 0 Å². The van der Waals surface area contributed by atoms with Gasteiger partial charge in [0, 0.05) is 25.9 Å². The molecule has 0 aromatic heterocycles. The molecule has 1 aliphatic carbocycles. The Bertz CT molecular complexity index is 1110. The summed E-state index contributed by atoms with van der Waals surface area (Å²) in [5.41, 5.74) is 2.96. The Morgan fingerprint density at radius 2 is 1.72 bits per heavy atom. The van der Waals surface area contributed by atoms with Crippen LogP contribution in [0.25, 0.3) is 0 Å². The number of hydrogen-bond acceptors (Lipinski definition) is 5. The van der Waals surface area contributed by atoms with Gasteiger partial charge < -0.3 is 9.64 Å². The molecular weight excluding hydrogens is 519 g/mol. The third kappa shape index (κ3) is 6.41. The molecule has 2 aliphatic heterocycles. The van der Waals surface area contributed by atoms with Crippen molar-refractivity contribution in [3.05, 3.63) is 59.2 Å². The zero-order valence-corrected chi connectivity index (χ0v) is 22.1. The van der Waals surface area contributed by atoms with E-state index in [1.54, 1.807) is 12.1 Å². The Morgan fingerprint density at radius 3 is 2.42 bits per heavy atom. The van der Waals surface area contributed by atoms with Crippen molar-refractivity contribution in [1.29, 1.82) is 0 Å². The van der Waals surface area contributed by atoms with E-state index in [1.807, 2.05) is 43.0 Å². The average molecular weight is 550 g/mol. The second-order valence-corrected chi connectivity index (χ2v) is 10.1. The number of piperidine rings is 1. The van der Waals surface area contributed by atoms with Crippen molar-refractivity contribution >= 4 is 35.7 Å². The van der Waals surface area contributed by atoms with E-state index in [-0.39, 0.29) is 6.10 Å². The van der Waals surface area contributed by atoms with Gasteiger partial charge in [0.05, 0.1) is 12.4 Å². The van der Waals surface area contributed by atoms with E-state index >= 15 is 0 Å². The van der Waals surface area contributed by atoms with E-state index in [4.69, 9.17) is 9.47 Å². The molecule has 9 heteroatoms. The molecule has 1 saturated heterocycles. The quantitative estimate of drug-likeness (QED) is 0.293. The van der Waals surface area contributed by atoms with E-state index < -0.39 is 12.1 Å². The molecule has 3 aliphatic rings. The molecule has 2 fully saturated rings. The summed E-state index contributed by atoms with van der Waals surface area (Å²) < 4.78 is 16.2. The van der Waals surface area contributed by atoms with E-state index in [9.17, 15) is 9.90 Å². The molecule has 1 atom stereocenters. The van der Waals surface area contributed by atoms with Gasteiger partial charge in [-0.2, -0.15) is 0 Å². The normalized spacial score (nSPS) is 19.5. The zero-order chi connectivity index (χ0) is 24.9. The number of rotatable bonds is 9. The number of nitrogens with zero attached hydrogens (tertiary/aromatic N) is 4. The van der Waals surface area contributed by atoms with Gasteiger partial charge in [0.15, 0.2) is 0 Å². The minimum absolute atomic E-state index is 0.153. The summed E-state index contributed by atoms with van der Waals surface area (Å²) in [6.45, 7) is 3.52. The molecule has 0 amide bonds. The van der Waals surface area contributed by atoms with Crippen molar-refractivity contribution in [2.75, 3.05) is 19.6 Å². The number of carboxylic acid groups (broad SMARTS) is 1. The van der Waals surface area contributed by atoms with Crippen molar-refractivity contribution in [3.63, 3.8) is 0 Å². The molecule has 8 nitrogen and oxygen atoms in total. The molecule has 1 saturated carbocycles. The Labute approximate surface area is 220 Å². The Balaban J connectivity index is 1.18. The summed E-state index contributed by atoms with van der Waals surface area (Å²) in [6.07, 6.45) is 8.13. The van der Waals surface area contributed by atoms with Crippen LogP contribution in [-0.4, -0.2) is 82.4 Å². The topological polar surface area (TPSA) is 87.0 Å². The molecule has 0 bridgehead atoms. The van der Waals surface area contributed by atoms with Gasteiger partial charge in [-0.05, 0) is 12.8 Å². The van der Waals surface area contributed by atoms with Gasteiger partial charge in [0.25, 0.3) is 0 Å². The third-order valence-electron chi connectivity index (χ3n) is 6.86. The molecule has 0 spiro atoms. The van der Waals surface area contributed by atoms with Crippen LogP contribution in [0.3, 0.4) is 0 Å². The second kappa shape index (κ2) is 11.4. The van der Waals surface area contributed by atoms with E-state index in [1.165, 1.54) is 18.4 Å². The van der Waals surface area contributed by atoms with Crippen molar-refractivity contribution in [2.45, 2.75) is 56.9 Å². The molecule has 1 unspecified atom stereocenters. The van der Waals surface area contributed by atoms with Crippen LogP contribution in [0.15, 0.2) is 51.4 Å². The van der Waals surface area contributed by atoms with Crippen LogP contribution < -0.4 is 9.47 Å². The van der Waals surface area contributed by atoms with Crippen LogP contribution in [0.1, 0.15) is 48.5 Å². The second-order valence-electron chi connectivity index (χ2n) is 9.64. The number of aliphatic imine (C=N–C) groups is 1. The number of carboxylic acids is 1. The minimum atomic E-state index is -1.10. The van der Waals surface area contributed by atoms with Crippen LogP contribution in [0.5, 0.6) is 11.5 Å². The predicted octanol–water partition coefficient (Wildman–Crippen LogP) is 3.40. The van der Waals surface area contributed by atoms with Crippen molar-refractivity contribution in [3.8, 4) is 11.5 Å². The van der Waals surface area contributed by atoms with E-state index in [0.717, 1.165) is 56.8 Å². The van der Waals surface area contributed by atoms with Crippen LogP contribution >= 0.6 is 0 Å². The molecule has 188 valence electrons. The number of fused-ring (bicyclic) bond motifs is 1. The van der Waals surface area contributed by atoms with Gasteiger partial charge in [-0.25, -0.2) is 0 Å². The average Bonchev–Trinajstić information content (AvgIpc) is 3.72. The molecule has 36 heavy (non-hydrogen) atoms. The molecule has 2 heterocycles. The standard InChI is InChI=1S/C27H31AsN4O4/c28-30-18-32-12-9-19-1-8-25(15-21(19)16-32)36-26(27(33)34)20-2-6-23(7-3-20)35-24-10-13-31(14-11-24)17-29-22-4-5-22/h1-3,6-8,15,17-18,22,24,26H,4-5,9-14,16H2,(H,33,34). The molecule has 2 aromatic carbocycles. The Morgan fingerprint density at radius 1 is 0.972 bits per heavy atom. The molecule has 1 N–H and O–H groups in total. The maximum atomic E-state index is 12.1.